The fourth-order valence-corrected chi connectivity index (χ4v) is 7.26. The minimum atomic E-state index is -1.72. The van der Waals surface area contributed by atoms with Crippen molar-refractivity contribution in [2.45, 2.75) is 63.5 Å². The summed E-state index contributed by atoms with van der Waals surface area (Å²) >= 11 is 12.3. The lowest BCUT2D eigenvalue weighted by Gasteiger charge is -2.37. The van der Waals surface area contributed by atoms with Crippen molar-refractivity contribution >= 4 is 46.5 Å². The maximum absolute atomic E-state index is 15.9. The third-order valence-electron chi connectivity index (χ3n) is 9.08. The fourth-order valence-electron chi connectivity index (χ4n) is 6.92. The number of aliphatic carboxylic acids is 1. The van der Waals surface area contributed by atoms with Crippen molar-refractivity contribution in [3.8, 4) is 6.07 Å². The predicted octanol–water partition coefficient (Wildman–Crippen LogP) is 7.53. The van der Waals surface area contributed by atoms with Crippen LogP contribution < -0.4 is 15.5 Å². The van der Waals surface area contributed by atoms with Crippen molar-refractivity contribution in [2.24, 2.45) is 11.3 Å². The van der Waals surface area contributed by atoms with Gasteiger partial charge in [-0.25, -0.2) is 8.78 Å². The molecule has 242 valence electrons. The lowest BCUT2D eigenvalue weighted by atomic mass is 9.62. The van der Waals surface area contributed by atoms with E-state index in [2.05, 4.69) is 21.6 Å². The van der Waals surface area contributed by atoms with E-state index in [9.17, 15) is 20.0 Å². The van der Waals surface area contributed by atoms with Crippen molar-refractivity contribution in [3.05, 3.63) is 93.5 Å². The lowest BCUT2D eigenvalue weighted by molar-refractivity contribution is -0.142. The summed E-state index contributed by atoms with van der Waals surface area (Å²) < 4.78 is 31.7. The average molecular weight is 670 g/mol. The van der Waals surface area contributed by atoms with Crippen LogP contribution in [0.4, 0.5) is 20.2 Å². The Kier molecular flexibility index (Phi) is 9.65. The quantitative estimate of drug-likeness (QED) is 0.240. The zero-order chi connectivity index (χ0) is 33.4. The zero-order valence-electron chi connectivity index (χ0n) is 25.8. The number of hydrogen-bond donors (Lipinski definition) is 3. The maximum Gasteiger partial charge on any atom is 0.306 e. The Bertz CT molecular complexity index is 1670. The highest BCUT2D eigenvalue weighted by Crippen LogP contribution is 2.53. The lowest BCUT2D eigenvalue weighted by Crippen LogP contribution is -2.45. The summed E-state index contributed by atoms with van der Waals surface area (Å²) in [4.78, 5) is 27.6. The first kappa shape index (κ1) is 33.6. The van der Waals surface area contributed by atoms with E-state index in [0.29, 0.717) is 38.0 Å². The topological polar surface area (TPSA) is 105 Å². The van der Waals surface area contributed by atoms with Gasteiger partial charge in [0.1, 0.15) is 17.0 Å². The largest absolute Gasteiger partial charge is 0.481 e. The van der Waals surface area contributed by atoms with Crippen LogP contribution in [0.2, 0.25) is 10.0 Å². The monoisotopic (exact) mass is 668 g/mol. The Hall–Kier alpha value is -3.71. The molecule has 2 fully saturated rings. The molecule has 0 radical (unpaired) electrons. The fraction of sp³-hybridized carbons (Fsp3) is 0.400. The number of nitriles is 1. The Morgan fingerprint density at radius 3 is 2.35 bits per heavy atom. The smallest absolute Gasteiger partial charge is 0.306 e. The standard InChI is InChI=1S/C35H36Cl2F2N4O3/c1-34(2,3)18-28-35(19-40,25-12-7-21(36)17-27(25)38)29(24-5-4-6-26(37)30(24)39)31(42-28)32(44)41-22-8-10-23(11-9-22)43-15-13-20(14-16-43)33(45)46/h4-12,17,20,28-29,31,42H,13-16,18H2,1-3H3,(H,41,44)(H,45,46)/t28-,29?,31+,35-/m0/s1. The molecule has 46 heavy (non-hydrogen) atoms. The molecule has 1 unspecified atom stereocenters. The molecule has 2 aliphatic rings. The van der Waals surface area contributed by atoms with Crippen LogP contribution >= 0.6 is 23.2 Å². The molecule has 3 aromatic carbocycles. The van der Waals surface area contributed by atoms with E-state index >= 15 is 8.78 Å². The van der Waals surface area contributed by atoms with Gasteiger partial charge < -0.3 is 20.6 Å². The zero-order valence-corrected chi connectivity index (χ0v) is 27.3. The molecule has 3 aromatic rings. The van der Waals surface area contributed by atoms with E-state index in [1.54, 1.807) is 18.2 Å². The van der Waals surface area contributed by atoms with E-state index in [1.165, 1.54) is 24.3 Å². The van der Waals surface area contributed by atoms with Crippen molar-refractivity contribution < 1.29 is 23.5 Å². The molecule has 7 nitrogen and oxygen atoms in total. The third kappa shape index (κ3) is 6.57. The second-order valence-electron chi connectivity index (χ2n) is 13.3. The van der Waals surface area contributed by atoms with E-state index in [1.807, 2.05) is 32.9 Å². The van der Waals surface area contributed by atoms with Crippen LogP contribution in [0.25, 0.3) is 0 Å². The minimum absolute atomic E-state index is 0.0110. The maximum atomic E-state index is 15.9. The number of amides is 1. The minimum Gasteiger partial charge on any atom is -0.481 e. The molecule has 0 aliphatic carbocycles. The summed E-state index contributed by atoms with van der Waals surface area (Å²) in [6.45, 7) is 7.14. The molecule has 4 atom stereocenters. The molecular weight excluding hydrogens is 633 g/mol. The number of hydrogen-bond acceptors (Lipinski definition) is 5. The van der Waals surface area contributed by atoms with Gasteiger partial charge in [0.05, 0.1) is 23.1 Å². The van der Waals surface area contributed by atoms with Crippen molar-refractivity contribution in [1.82, 2.24) is 5.32 Å². The Morgan fingerprint density at radius 1 is 1.09 bits per heavy atom. The van der Waals surface area contributed by atoms with Gasteiger partial charge in [-0.2, -0.15) is 5.26 Å². The number of nitrogens with zero attached hydrogens (tertiary/aromatic N) is 2. The molecule has 5 rings (SSSR count). The number of carbonyl (C=O) groups excluding carboxylic acids is 1. The number of carbonyl (C=O) groups is 2. The van der Waals surface area contributed by atoms with Crippen molar-refractivity contribution in [1.29, 1.82) is 5.26 Å². The molecule has 0 bridgehead atoms. The normalized spacial score (nSPS) is 23.6. The Labute approximate surface area is 277 Å². The number of nitrogens with one attached hydrogen (secondary N) is 2. The SMILES string of the molecule is CC(C)(C)C[C@@H]1N[C@@H](C(=O)Nc2ccc(N3CCC(C(=O)O)CC3)cc2)C(c2cccc(Cl)c2F)[C@@]1(C#N)c1ccc(Cl)cc1F. The second-order valence-corrected chi connectivity index (χ2v) is 14.2. The van der Waals surface area contributed by atoms with Crippen LogP contribution in [0.15, 0.2) is 60.7 Å². The Balaban J connectivity index is 1.53. The molecule has 1 amide bonds. The number of carboxylic acid groups (broad SMARTS) is 1. The van der Waals surface area contributed by atoms with Gasteiger partial charge in [0.25, 0.3) is 0 Å². The van der Waals surface area contributed by atoms with Gasteiger partial charge in [-0.05, 0) is 72.7 Å². The van der Waals surface area contributed by atoms with Gasteiger partial charge >= 0.3 is 5.97 Å². The number of anilines is 2. The van der Waals surface area contributed by atoms with Gasteiger partial charge in [-0.15, -0.1) is 0 Å². The van der Waals surface area contributed by atoms with Gasteiger partial charge in [0, 0.05) is 47.0 Å². The second kappa shape index (κ2) is 13.2. The van der Waals surface area contributed by atoms with Crippen molar-refractivity contribution in [2.75, 3.05) is 23.3 Å². The summed E-state index contributed by atoms with van der Waals surface area (Å²) in [6, 6.07) is 16.1. The molecule has 2 aliphatic heterocycles. The number of carboxylic acids is 1. The Morgan fingerprint density at radius 2 is 1.76 bits per heavy atom. The van der Waals surface area contributed by atoms with Crippen LogP contribution in [-0.4, -0.2) is 42.2 Å². The molecule has 0 spiro atoms. The third-order valence-corrected chi connectivity index (χ3v) is 9.60. The number of benzene rings is 3. The van der Waals surface area contributed by atoms with Gasteiger partial charge in [-0.1, -0.05) is 62.2 Å². The van der Waals surface area contributed by atoms with Crippen LogP contribution in [0.5, 0.6) is 0 Å². The van der Waals surface area contributed by atoms with Gasteiger partial charge in [0.15, 0.2) is 0 Å². The average Bonchev–Trinajstić information content (AvgIpc) is 3.32. The van der Waals surface area contributed by atoms with Crippen molar-refractivity contribution in [3.63, 3.8) is 0 Å². The van der Waals surface area contributed by atoms with Crippen LogP contribution in [0.1, 0.15) is 57.1 Å². The molecule has 11 heteroatoms. The molecule has 0 aromatic heterocycles. The summed E-state index contributed by atoms with van der Waals surface area (Å²) in [6.07, 6.45) is 1.46. The summed E-state index contributed by atoms with van der Waals surface area (Å²) in [5.74, 6) is -4.34. The number of piperidine rings is 1. The first-order valence-corrected chi connectivity index (χ1v) is 16.0. The number of halogens is 4. The van der Waals surface area contributed by atoms with Gasteiger partial charge in [-0.3, -0.25) is 9.59 Å². The van der Waals surface area contributed by atoms with Crippen LogP contribution in [0.3, 0.4) is 0 Å². The van der Waals surface area contributed by atoms with Crippen LogP contribution in [0, 0.1) is 34.3 Å². The number of rotatable bonds is 7. The first-order valence-electron chi connectivity index (χ1n) is 15.2. The predicted molar refractivity (Wildman–Crippen MR) is 175 cm³/mol. The molecule has 3 N–H and O–H groups in total. The summed E-state index contributed by atoms with van der Waals surface area (Å²) in [5, 5.41) is 26.5. The van der Waals surface area contributed by atoms with E-state index in [0.717, 1.165) is 11.8 Å². The highest BCUT2D eigenvalue weighted by atomic mass is 35.5. The highest BCUT2D eigenvalue weighted by molar-refractivity contribution is 6.31. The molecular formula is C35H36Cl2F2N4O3. The van der Waals surface area contributed by atoms with Gasteiger partial charge in [0.2, 0.25) is 5.91 Å². The van der Waals surface area contributed by atoms with E-state index in [-0.39, 0.29) is 32.5 Å². The van der Waals surface area contributed by atoms with E-state index < -0.39 is 46.9 Å². The first-order chi connectivity index (χ1) is 21.7. The summed E-state index contributed by atoms with van der Waals surface area (Å²) in [5.41, 5.74) is -0.682. The highest BCUT2D eigenvalue weighted by Gasteiger charge is 2.61. The molecule has 0 saturated carbocycles. The molecule has 2 heterocycles. The summed E-state index contributed by atoms with van der Waals surface area (Å²) in [7, 11) is 0. The van der Waals surface area contributed by atoms with Crippen LogP contribution in [-0.2, 0) is 15.0 Å². The van der Waals surface area contributed by atoms with E-state index in [4.69, 9.17) is 23.2 Å². The molecule has 2 saturated heterocycles.